The summed E-state index contributed by atoms with van der Waals surface area (Å²) in [5.74, 6) is -0.991. The van der Waals surface area contributed by atoms with E-state index in [4.69, 9.17) is 5.11 Å². The average molecular weight is 290 g/mol. The molecule has 0 spiro atoms. The molecule has 5 heteroatoms. The Morgan fingerprint density at radius 1 is 1.38 bits per heavy atom. The number of benzene rings is 1. The number of aryl methyl sites for hydroxylation is 1. The number of amides is 2. The molecule has 1 aromatic carbocycles. The van der Waals surface area contributed by atoms with Crippen LogP contribution in [0, 0.1) is 6.92 Å². The number of anilines is 1. The van der Waals surface area contributed by atoms with Gasteiger partial charge in [0.25, 0.3) is 0 Å². The number of carbonyl (C=O) groups is 2. The molecule has 1 heterocycles. The molecule has 2 amide bonds. The largest absolute Gasteiger partial charge is 0.478 e. The van der Waals surface area contributed by atoms with Gasteiger partial charge in [-0.1, -0.05) is 13.0 Å². The molecule has 0 bridgehead atoms. The van der Waals surface area contributed by atoms with Gasteiger partial charge in [0.1, 0.15) is 0 Å². The highest BCUT2D eigenvalue weighted by Crippen LogP contribution is 2.22. The van der Waals surface area contributed by atoms with Gasteiger partial charge < -0.3 is 15.3 Å². The van der Waals surface area contributed by atoms with Crippen molar-refractivity contribution >= 4 is 17.7 Å². The van der Waals surface area contributed by atoms with Crippen molar-refractivity contribution < 1.29 is 14.7 Å². The number of carboxylic acids is 1. The minimum atomic E-state index is -0.991. The van der Waals surface area contributed by atoms with Gasteiger partial charge in [0.05, 0.1) is 5.56 Å². The topological polar surface area (TPSA) is 69.6 Å². The Balaban J connectivity index is 2.15. The minimum absolute atomic E-state index is 0.132. The molecule has 114 valence electrons. The Bertz CT molecular complexity index is 542. The Hall–Kier alpha value is -2.04. The lowest BCUT2D eigenvalue weighted by atomic mass is 10.0. The molecule has 1 saturated heterocycles. The van der Waals surface area contributed by atoms with Crippen LogP contribution in [0.4, 0.5) is 10.5 Å². The number of hydrogen-bond acceptors (Lipinski definition) is 2. The molecule has 1 unspecified atom stereocenters. The summed E-state index contributed by atoms with van der Waals surface area (Å²) < 4.78 is 0. The number of carbonyl (C=O) groups excluding carboxylic acids is 1. The smallest absolute Gasteiger partial charge is 0.335 e. The quantitative estimate of drug-likeness (QED) is 0.895. The number of rotatable bonds is 3. The van der Waals surface area contributed by atoms with Crippen LogP contribution in [0.25, 0.3) is 0 Å². The zero-order valence-electron chi connectivity index (χ0n) is 12.6. The van der Waals surface area contributed by atoms with Gasteiger partial charge in [-0.05, 0) is 50.3 Å². The maximum absolute atomic E-state index is 12.4. The summed E-state index contributed by atoms with van der Waals surface area (Å²) in [4.78, 5) is 25.3. The van der Waals surface area contributed by atoms with Gasteiger partial charge in [-0.2, -0.15) is 0 Å². The monoisotopic (exact) mass is 290 g/mol. The molecule has 1 atom stereocenters. The number of aromatic carboxylic acids is 1. The number of likely N-dealkylation sites (tertiary alicyclic amines) is 1. The summed E-state index contributed by atoms with van der Waals surface area (Å²) in [6.07, 6.45) is 4.17. The van der Waals surface area contributed by atoms with E-state index in [0.717, 1.165) is 37.8 Å². The van der Waals surface area contributed by atoms with E-state index >= 15 is 0 Å². The standard InChI is InChI=1S/C16H22N2O3/c1-3-13-6-4-5-9-18(13)16(21)17-14-10-12(15(19)20)8-7-11(14)2/h7-8,10,13H,3-6,9H2,1-2H3,(H,17,21)(H,19,20). The third kappa shape index (κ3) is 3.54. The minimum Gasteiger partial charge on any atom is -0.478 e. The first kappa shape index (κ1) is 15.4. The summed E-state index contributed by atoms with van der Waals surface area (Å²) in [7, 11) is 0. The third-order valence-corrected chi connectivity index (χ3v) is 4.09. The predicted octanol–water partition coefficient (Wildman–Crippen LogP) is 3.49. The molecule has 0 radical (unpaired) electrons. The predicted molar refractivity (Wildman–Crippen MR) is 81.8 cm³/mol. The molecule has 2 rings (SSSR count). The highest BCUT2D eigenvalue weighted by molar-refractivity contribution is 5.94. The molecule has 1 aromatic rings. The molecule has 21 heavy (non-hydrogen) atoms. The summed E-state index contributed by atoms with van der Waals surface area (Å²) in [6, 6.07) is 4.92. The third-order valence-electron chi connectivity index (χ3n) is 4.09. The van der Waals surface area contributed by atoms with Crippen LogP contribution in [-0.4, -0.2) is 34.6 Å². The Morgan fingerprint density at radius 2 is 2.14 bits per heavy atom. The summed E-state index contributed by atoms with van der Waals surface area (Å²) in [5.41, 5.74) is 1.61. The molecule has 0 aromatic heterocycles. The Labute approximate surface area is 125 Å². The molecule has 5 nitrogen and oxygen atoms in total. The van der Waals surface area contributed by atoms with Gasteiger partial charge in [0, 0.05) is 18.3 Å². The molecule has 1 fully saturated rings. The van der Waals surface area contributed by atoms with Crippen molar-refractivity contribution in [1.29, 1.82) is 0 Å². The van der Waals surface area contributed by atoms with Crippen molar-refractivity contribution in [1.82, 2.24) is 4.90 Å². The van der Waals surface area contributed by atoms with E-state index in [-0.39, 0.29) is 17.6 Å². The Kier molecular flexibility index (Phi) is 4.83. The first-order chi connectivity index (χ1) is 10.0. The zero-order chi connectivity index (χ0) is 15.4. The van der Waals surface area contributed by atoms with Gasteiger partial charge in [0.15, 0.2) is 0 Å². The number of nitrogens with one attached hydrogen (secondary N) is 1. The lowest BCUT2D eigenvalue weighted by Crippen LogP contribution is -2.45. The van der Waals surface area contributed by atoms with Crippen molar-refractivity contribution in [2.75, 3.05) is 11.9 Å². The molecule has 2 N–H and O–H groups in total. The lowest BCUT2D eigenvalue weighted by Gasteiger charge is -2.35. The molecular weight excluding hydrogens is 268 g/mol. The van der Waals surface area contributed by atoms with Gasteiger partial charge >= 0.3 is 12.0 Å². The number of carboxylic acid groups (broad SMARTS) is 1. The second kappa shape index (κ2) is 6.61. The summed E-state index contributed by atoms with van der Waals surface area (Å²) >= 11 is 0. The van der Waals surface area contributed by atoms with Gasteiger partial charge in [0.2, 0.25) is 0 Å². The van der Waals surface area contributed by atoms with Gasteiger partial charge in [-0.25, -0.2) is 9.59 Å². The van der Waals surface area contributed by atoms with Crippen LogP contribution in [0.2, 0.25) is 0 Å². The van der Waals surface area contributed by atoms with E-state index in [9.17, 15) is 9.59 Å². The first-order valence-corrected chi connectivity index (χ1v) is 7.44. The second-order valence-electron chi connectivity index (χ2n) is 5.52. The summed E-state index contributed by atoms with van der Waals surface area (Å²) in [5, 5.41) is 11.9. The first-order valence-electron chi connectivity index (χ1n) is 7.44. The lowest BCUT2D eigenvalue weighted by molar-refractivity contribution is 0.0697. The van der Waals surface area contributed by atoms with E-state index in [2.05, 4.69) is 12.2 Å². The number of urea groups is 1. The van der Waals surface area contributed by atoms with Crippen molar-refractivity contribution in [2.45, 2.75) is 45.6 Å². The van der Waals surface area contributed by atoms with Crippen LogP contribution >= 0.6 is 0 Å². The van der Waals surface area contributed by atoms with Crippen LogP contribution in [0.15, 0.2) is 18.2 Å². The molecule has 1 aliphatic rings. The van der Waals surface area contributed by atoms with Crippen LogP contribution in [0.5, 0.6) is 0 Å². The SMILES string of the molecule is CCC1CCCCN1C(=O)Nc1cc(C(=O)O)ccc1C. The molecule has 0 saturated carbocycles. The van der Waals surface area contributed by atoms with E-state index in [1.807, 2.05) is 11.8 Å². The van der Waals surface area contributed by atoms with E-state index in [1.54, 1.807) is 12.1 Å². The van der Waals surface area contributed by atoms with Crippen molar-refractivity contribution in [2.24, 2.45) is 0 Å². The van der Waals surface area contributed by atoms with Crippen molar-refractivity contribution in [3.8, 4) is 0 Å². The van der Waals surface area contributed by atoms with E-state index < -0.39 is 5.97 Å². The van der Waals surface area contributed by atoms with Gasteiger partial charge in [-0.15, -0.1) is 0 Å². The normalized spacial score (nSPS) is 18.4. The van der Waals surface area contributed by atoms with Crippen LogP contribution in [-0.2, 0) is 0 Å². The molecule has 1 aliphatic heterocycles. The number of piperidine rings is 1. The number of nitrogens with zero attached hydrogens (tertiary/aromatic N) is 1. The van der Waals surface area contributed by atoms with Gasteiger partial charge in [-0.3, -0.25) is 0 Å². The molecular formula is C16H22N2O3. The second-order valence-corrected chi connectivity index (χ2v) is 5.52. The van der Waals surface area contributed by atoms with E-state index in [1.165, 1.54) is 6.07 Å². The zero-order valence-corrected chi connectivity index (χ0v) is 12.6. The van der Waals surface area contributed by atoms with Crippen molar-refractivity contribution in [3.05, 3.63) is 29.3 Å². The highest BCUT2D eigenvalue weighted by Gasteiger charge is 2.25. The highest BCUT2D eigenvalue weighted by atomic mass is 16.4. The molecule has 0 aliphatic carbocycles. The fraction of sp³-hybridized carbons (Fsp3) is 0.500. The Morgan fingerprint density at radius 3 is 2.81 bits per heavy atom. The van der Waals surface area contributed by atoms with Crippen LogP contribution in [0.1, 0.15) is 48.5 Å². The van der Waals surface area contributed by atoms with E-state index in [0.29, 0.717) is 5.69 Å². The number of hydrogen-bond donors (Lipinski definition) is 2. The summed E-state index contributed by atoms with van der Waals surface area (Å²) in [6.45, 7) is 4.71. The fourth-order valence-corrected chi connectivity index (χ4v) is 2.77. The van der Waals surface area contributed by atoms with Crippen LogP contribution in [0.3, 0.4) is 0 Å². The van der Waals surface area contributed by atoms with Crippen LogP contribution < -0.4 is 5.32 Å². The maximum atomic E-state index is 12.4. The maximum Gasteiger partial charge on any atom is 0.335 e. The van der Waals surface area contributed by atoms with Crippen molar-refractivity contribution in [3.63, 3.8) is 0 Å². The fourth-order valence-electron chi connectivity index (χ4n) is 2.77. The average Bonchev–Trinajstić information content (AvgIpc) is 2.49.